The predicted octanol–water partition coefficient (Wildman–Crippen LogP) is 4.31. The van der Waals surface area contributed by atoms with E-state index in [-0.39, 0.29) is 51.5 Å². The Bertz CT molecular complexity index is 1990. The molecule has 0 bridgehead atoms. The van der Waals surface area contributed by atoms with Crippen molar-refractivity contribution in [1.82, 2.24) is 4.98 Å². The van der Waals surface area contributed by atoms with Gasteiger partial charge < -0.3 is 20.1 Å². The average Bonchev–Trinajstić information content (AvgIpc) is 3.01. The molecular weight excluding hydrogens is 691 g/mol. The van der Waals surface area contributed by atoms with Crippen LogP contribution in [0.25, 0.3) is 0 Å². The van der Waals surface area contributed by atoms with Crippen LogP contribution in [0.1, 0.15) is 17.5 Å². The SMILES string of the molecule is COCCCNc1nc(N(C)CCS(=O)(=O)CCO)c(C)c(C)c1N=Nc1ccc(N=Nc2ccc(S(=O)(=O)O)cc2)cc1S(=O)(=O)O. The summed E-state index contributed by atoms with van der Waals surface area (Å²) in [5.74, 6) is 0.217. The summed E-state index contributed by atoms with van der Waals surface area (Å²) in [5, 5.41) is 28.5. The molecule has 0 radical (unpaired) electrons. The van der Waals surface area contributed by atoms with Crippen LogP contribution >= 0.6 is 0 Å². The minimum Gasteiger partial charge on any atom is -0.395 e. The van der Waals surface area contributed by atoms with Crippen LogP contribution in [-0.4, -0.2) is 96.4 Å². The van der Waals surface area contributed by atoms with Crippen molar-refractivity contribution in [2.24, 2.45) is 20.5 Å². The van der Waals surface area contributed by atoms with E-state index in [4.69, 9.17) is 14.4 Å². The highest BCUT2D eigenvalue weighted by Crippen LogP contribution is 2.37. The monoisotopic (exact) mass is 727 g/mol. The third-order valence-electron chi connectivity index (χ3n) is 6.91. The van der Waals surface area contributed by atoms with E-state index in [9.17, 15) is 29.8 Å². The van der Waals surface area contributed by atoms with Crippen molar-refractivity contribution in [3.05, 3.63) is 53.6 Å². The molecule has 0 saturated carbocycles. The summed E-state index contributed by atoms with van der Waals surface area (Å²) in [6, 6.07) is 8.46. The third kappa shape index (κ3) is 10.8. The number of sulfone groups is 1. The van der Waals surface area contributed by atoms with Gasteiger partial charge in [0, 0.05) is 33.9 Å². The van der Waals surface area contributed by atoms with E-state index < -0.39 is 41.6 Å². The van der Waals surface area contributed by atoms with Gasteiger partial charge in [-0.25, -0.2) is 13.4 Å². The molecule has 3 rings (SSSR count). The maximum absolute atomic E-state index is 12.3. The Kier molecular flexibility index (Phi) is 13.2. The Labute approximate surface area is 279 Å². The number of rotatable bonds is 17. The van der Waals surface area contributed by atoms with Crippen molar-refractivity contribution in [2.75, 3.05) is 62.2 Å². The van der Waals surface area contributed by atoms with Crippen LogP contribution in [0.3, 0.4) is 0 Å². The smallest absolute Gasteiger partial charge is 0.296 e. The van der Waals surface area contributed by atoms with Crippen molar-refractivity contribution in [2.45, 2.75) is 30.1 Å². The third-order valence-corrected chi connectivity index (χ3v) is 10.3. The van der Waals surface area contributed by atoms with E-state index in [1.54, 1.807) is 32.9 Å². The van der Waals surface area contributed by atoms with Crippen LogP contribution in [0.4, 0.5) is 34.4 Å². The highest BCUT2D eigenvalue weighted by molar-refractivity contribution is 7.91. The van der Waals surface area contributed by atoms with E-state index in [0.29, 0.717) is 36.5 Å². The van der Waals surface area contributed by atoms with Crippen LogP contribution in [0.5, 0.6) is 0 Å². The number of hydrogen-bond donors (Lipinski definition) is 4. The number of nitrogens with one attached hydrogen (secondary N) is 1. The van der Waals surface area contributed by atoms with Gasteiger partial charge in [-0.3, -0.25) is 9.11 Å². The molecule has 0 saturated heterocycles. The largest absolute Gasteiger partial charge is 0.395 e. The molecule has 1 heterocycles. The van der Waals surface area contributed by atoms with E-state index in [1.165, 1.54) is 24.3 Å². The highest BCUT2D eigenvalue weighted by Gasteiger charge is 2.21. The van der Waals surface area contributed by atoms with Gasteiger partial charge in [0.1, 0.15) is 22.1 Å². The zero-order valence-corrected chi connectivity index (χ0v) is 29.0. The molecule has 4 N–H and O–H groups in total. The van der Waals surface area contributed by atoms with E-state index in [0.717, 1.165) is 18.2 Å². The first-order valence-electron chi connectivity index (χ1n) is 14.3. The van der Waals surface area contributed by atoms with Crippen LogP contribution in [0.2, 0.25) is 0 Å². The van der Waals surface area contributed by atoms with Gasteiger partial charge >= 0.3 is 0 Å². The minimum atomic E-state index is -4.82. The average molecular weight is 728 g/mol. The number of aliphatic hydroxyl groups excluding tert-OH is 1. The van der Waals surface area contributed by atoms with Crippen molar-refractivity contribution < 1.29 is 44.2 Å². The van der Waals surface area contributed by atoms with Gasteiger partial charge in [-0.15, -0.1) is 10.2 Å². The standard InChI is InChI=1S/C28H37N7O10S3/c1-19-20(2)28(35(3)13-16-46(37,38)17-14-36)30-27(29-12-5-15-45-4)26(19)34-33-24-11-8-22(18-25(24)48(42,43)44)32-31-21-6-9-23(10-7-21)47(39,40)41/h6-11,18,36H,5,12-17H2,1-4H3,(H,29,30)(H,39,40,41)(H,42,43,44). The number of anilines is 2. The van der Waals surface area contributed by atoms with Crippen LogP contribution in [-0.2, 0) is 34.8 Å². The number of benzene rings is 2. The molecule has 3 aromatic rings. The molecule has 262 valence electrons. The maximum Gasteiger partial charge on any atom is 0.296 e. The summed E-state index contributed by atoms with van der Waals surface area (Å²) in [6.07, 6.45) is 0.611. The summed E-state index contributed by atoms with van der Waals surface area (Å²) in [4.78, 5) is 5.40. The lowest BCUT2D eigenvalue weighted by molar-refractivity contribution is 0.198. The fraction of sp³-hybridized carbons (Fsp3) is 0.393. The fourth-order valence-corrected chi connectivity index (χ4v) is 6.34. The summed E-state index contributed by atoms with van der Waals surface area (Å²) >= 11 is 0. The van der Waals surface area contributed by atoms with Gasteiger partial charge in [0.05, 0.1) is 34.4 Å². The molecule has 0 aliphatic rings. The number of nitrogens with zero attached hydrogens (tertiary/aromatic N) is 6. The molecule has 0 fully saturated rings. The summed E-state index contributed by atoms with van der Waals surface area (Å²) < 4.78 is 95.6. The molecule has 0 unspecified atom stereocenters. The molecule has 0 spiro atoms. The molecule has 0 aliphatic heterocycles. The quantitative estimate of drug-likeness (QED) is 0.0860. The Morgan fingerprint density at radius 2 is 1.50 bits per heavy atom. The molecule has 1 aromatic heterocycles. The predicted molar refractivity (Wildman–Crippen MR) is 179 cm³/mol. The first-order valence-corrected chi connectivity index (χ1v) is 19.0. The second kappa shape index (κ2) is 16.5. The Morgan fingerprint density at radius 1 is 0.854 bits per heavy atom. The molecule has 0 amide bonds. The first-order chi connectivity index (χ1) is 22.5. The number of methoxy groups -OCH3 is 1. The molecular formula is C28H37N7O10S3. The van der Waals surface area contributed by atoms with Gasteiger partial charge in [0.25, 0.3) is 20.2 Å². The number of ether oxygens (including phenoxy) is 1. The van der Waals surface area contributed by atoms with Gasteiger partial charge in [-0.05, 0) is 73.9 Å². The number of azo groups is 2. The van der Waals surface area contributed by atoms with Gasteiger partial charge in [0.2, 0.25) is 0 Å². The normalized spacial score (nSPS) is 12.6. The second-order valence-electron chi connectivity index (χ2n) is 10.4. The van der Waals surface area contributed by atoms with Crippen molar-refractivity contribution in [1.29, 1.82) is 0 Å². The Balaban J connectivity index is 1.99. The fourth-order valence-electron chi connectivity index (χ4n) is 4.19. The number of aliphatic hydroxyl groups is 1. The van der Waals surface area contributed by atoms with E-state index in [2.05, 4.69) is 30.8 Å². The van der Waals surface area contributed by atoms with Gasteiger partial charge in [-0.1, -0.05) is 0 Å². The lowest BCUT2D eigenvalue weighted by atomic mass is 10.1. The lowest BCUT2D eigenvalue weighted by Crippen LogP contribution is -2.29. The number of pyridine rings is 1. The van der Waals surface area contributed by atoms with Crippen molar-refractivity contribution in [3.8, 4) is 0 Å². The molecule has 20 heteroatoms. The minimum absolute atomic E-state index is 0.0167. The van der Waals surface area contributed by atoms with Crippen LogP contribution in [0, 0.1) is 13.8 Å². The van der Waals surface area contributed by atoms with E-state index >= 15 is 0 Å². The molecule has 48 heavy (non-hydrogen) atoms. The number of hydrogen-bond acceptors (Lipinski definition) is 15. The summed E-state index contributed by atoms with van der Waals surface area (Å²) in [5.41, 5.74) is 1.54. The Morgan fingerprint density at radius 3 is 2.10 bits per heavy atom. The zero-order chi connectivity index (χ0) is 35.7. The number of aromatic nitrogens is 1. The molecule has 2 aromatic carbocycles. The molecule has 17 nitrogen and oxygen atoms in total. The summed E-state index contributed by atoms with van der Waals surface area (Å²) in [7, 11) is -9.44. The van der Waals surface area contributed by atoms with Crippen LogP contribution < -0.4 is 10.2 Å². The maximum atomic E-state index is 12.3. The summed E-state index contributed by atoms with van der Waals surface area (Å²) in [6.45, 7) is 4.04. The lowest BCUT2D eigenvalue weighted by Gasteiger charge is -2.23. The van der Waals surface area contributed by atoms with Crippen molar-refractivity contribution in [3.63, 3.8) is 0 Å². The molecule has 0 atom stereocenters. The highest BCUT2D eigenvalue weighted by atomic mass is 32.2. The first kappa shape index (κ1) is 38.5. The van der Waals surface area contributed by atoms with Crippen LogP contribution in [0.15, 0.2) is 72.7 Å². The van der Waals surface area contributed by atoms with Gasteiger partial charge in [0.15, 0.2) is 15.7 Å². The van der Waals surface area contributed by atoms with E-state index in [1.807, 2.05) is 0 Å². The molecule has 0 aliphatic carbocycles. The van der Waals surface area contributed by atoms with Gasteiger partial charge in [-0.2, -0.15) is 27.1 Å². The topological polar surface area (TPSA) is 250 Å². The second-order valence-corrected chi connectivity index (χ2v) is 15.6. The Hall–Kier alpha value is -3.92. The zero-order valence-electron chi connectivity index (χ0n) is 26.6. The van der Waals surface area contributed by atoms with Crippen molar-refractivity contribution >= 4 is 64.5 Å².